The third-order valence-corrected chi connectivity index (χ3v) is 3.94. The van der Waals surface area contributed by atoms with Crippen molar-refractivity contribution in [2.45, 2.75) is 44.7 Å². The van der Waals surface area contributed by atoms with Crippen LogP contribution in [-0.4, -0.2) is 29.3 Å². The quantitative estimate of drug-likeness (QED) is 0.785. The summed E-state index contributed by atoms with van der Waals surface area (Å²) in [6.07, 6.45) is 10.5. The molecule has 0 radical (unpaired) electrons. The van der Waals surface area contributed by atoms with Gasteiger partial charge in [0.2, 0.25) is 0 Å². The lowest BCUT2D eigenvalue weighted by Crippen LogP contribution is -2.28. The lowest BCUT2D eigenvalue weighted by Gasteiger charge is -2.24. The average molecular weight is 249 g/mol. The lowest BCUT2D eigenvalue weighted by molar-refractivity contribution is 0.116. The van der Waals surface area contributed by atoms with Crippen LogP contribution in [0.15, 0.2) is 12.5 Å². The molecule has 4 nitrogen and oxygen atoms in total. The largest absolute Gasteiger partial charge is 0.379 e. The van der Waals surface area contributed by atoms with Crippen LogP contribution in [0.4, 0.5) is 0 Å². The number of aromatic nitrogens is 2. The highest BCUT2D eigenvalue weighted by molar-refractivity contribution is 5.06. The molecule has 1 atom stereocenters. The number of hydrogen-bond acceptors (Lipinski definition) is 3. The summed E-state index contributed by atoms with van der Waals surface area (Å²) in [6, 6.07) is 0.490. The highest BCUT2D eigenvalue weighted by Gasteiger charge is 2.21. The van der Waals surface area contributed by atoms with E-state index in [9.17, 15) is 0 Å². The summed E-state index contributed by atoms with van der Waals surface area (Å²) in [4.78, 5) is 4.29. The van der Waals surface area contributed by atoms with Crippen molar-refractivity contribution in [2.24, 2.45) is 5.92 Å². The first-order valence-electron chi connectivity index (χ1n) is 7.24. The molecule has 2 heterocycles. The molecule has 3 rings (SSSR count). The summed E-state index contributed by atoms with van der Waals surface area (Å²) in [5.74, 6) is 0.854. The number of hydrogen-bond donors (Lipinski definition) is 1. The highest BCUT2D eigenvalue weighted by Crippen LogP contribution is 2.28. The van der Waals surface area contributed by atoms with Gasteiger partial charge in [0.05, 0.1) is 18.6 Å². The third-order valence-electron chi connectivity index (χ3n) is 3.94. The van der Waals surface area contributed by atoms with E-state index in [1.807, 2.05) is 12.5 Å². The van der Waals surface area contributed by atoms with Crippen LogP contribution in [0.2, 0.25) is 0 Å². The maximum absolute atomic E-state index is 5.70. The molecule has 1 aliphatic carbocycles. The van der Waals surface area contributed by atoms with E-state index in [2.05, 4.69) is 14.9 Å². The second-order valence-electron chi connectivity index (χ2n) is 5.53. The first-order valence-corrected chi connectivity index (χ1v) is 7.24. The van der Waals surface area contributed by atoms with Gasteiger partial charge in [-0.2, -0.15) is 0 Å². The maximum atomic E-state index is 5.70. The predicted molar refractivity (Wildman–Crippen MR) is 70.4 cm³/mol. The second-order valence-corrected chi connectivity index (χ2v) is 5.53. The molecule has 4 heteroatoms. The number of imidazole rings is 1. The van der Waals surface area contributed by atoms with Crippen molar-refractivity contribution in [3.05, 3.63) is 18.2 Å². The first kappa shape index (κ1) is 12.2. The van der Waals surface area contributed by atoms with Gasteiger partial charge in [0.1, 0.15) is 0 Å². The molecule has 1 saturated heterocycles. The average Bonchev–Trinajstić information content (AvgIpc) is 3.12. The maximum Gasteiger partial charge on any atom is 0.0949 e. The molecule has 0 amide bonds. The van der Waals surface area contributed by atoms with Crippen LogP contribution in [0, 0.1) is 5.92 Å². The lowest BCUT2D eigenvalue weighted by atomic mass is 10.0. The third kappa shape index (κ3) is 3.12. The van der Waals surface area contributed by atoms with E-state index in [4.69, 9.17) is 4.74 Å². The van der Waals surface area contributed by atoms with Crippen molar-refractivity contribution in [3.8, 4) is 0 Å². The summed E-state index contributed by atoms with van der Waals surface area (Å²) in [5.41, 5.74) is 1.32. The van der Waals surface area contributed by atoms with Gasteiger partial charge < -0.3 is 14.6 Å². The standard InChI is InChI=1S/C14H23N3O/c1-2-6-16-13(3-1)14-9-15-11-17(14)7-8-18-10-12-4-5-12/h9,11-13,16H,1-8,10H2. The molecule has 100 valence electrons. The molecule has 0 aromatic carbocycles. The molecular formula is C14H23N3O. The molecule has 1 N–H and O–H groups in total. The smallest absolute Gasteiger partial charge is 0.0949 e. The van der Waals surface area contributed by atoms with Gasteiger partial charge in [-0.3, -0.25) is 0 Å². The second kappa shape index (κ2) is 5.85. The van der Waals surface area contributed by atoms with E-state index in [0.29, 0.717) is 6.04 Å². The van der Waals surface area contributed by atoms with Crippen LogP contribution in [0.5, 0.6) is 0 Å². The van der Waals surface area contributed by atoms with E-state index < -0.39 is 0 Å². The summed E-state index contributed by atoms with van der Waals surface area (Å²) in [7, 11) is 0. The number of rotatable bonds is 6. The van der Waals surface area contributed by atoms with Crippen molar-refractivity contribution >= 4 is 0 Å². The molecule has 18 heavy (non-hydrogen) atoms. The van der Waals surface area contributed by atoms with Crippen LogP contribution in [-0.2, 0) is 11.3 Å². The molecule has 0 spiro atoms. The Bertz CT molecular complexity index is 367. The number of nitrogens with zero attached hydrogens (tertiary/aromatic N) is 2. The van der Waals surface area contributed by atoms with Gasteiger partial charge in [-0.15, -0.1) is 0 Å². The van der Waals surface area contributed by atoms with Crippen molar-refractivity contribution in [3.63, 3.8) is 0 Å². The van der Waals surface area contributed by atoms with Crippen LogP contribution >= 0.6 is 0 Å². The van der Waals surface area contributed by atoms with E-state index in [0.717, 1.165) is 32.2 Å². The molecule has 0 bridgehead atoms. The summed E-state index contributed by atoms with van der Waals surface area (Å²) in [6.45, 7) is 3.83. The predicted octanol–water partition coefficient (Wildman–Crippen LogP) is 2.12. The minimum Gasteiger partial charge on any atom is -0.379 e. The minimum atomic E-state index is 0.490. The monoisotopic (exact) mass is 249 g/mol. The SMILES string of the molecule is c1ncn(CCOCC2CC2)c1C1CCCCN1. The number of piperidine rings is 1. The fraction of sp³-hybridized carbons (Fsp3) is 0.786. The zero-order chi connectivity index (χ0) is 12.2. The van der Waals surface area contributed by atoms with Crippen molar-refractivity contribution in [2.75, 3.05) is 19.8 Å². The van der Waals surface area contributed by atoms with Gasteiger partial charge in [-0.1, -0.05) is 6.42 Å². The Morgan fingerprint density at radius 3 is 3.06 bits per heavy atom. The molecule has 2 fully saturated rings. The Kier molecular flexibility index (Phi) is 3.96. The molecule has 1 aromatic heterocycles. The van der Waals surface area contributed by atoms with Crippen LogP contribution < -0.4 is 5.32 Å². The van der Waals surface area contributed by atoms with Crippen molar-refractivity contribution in [1.82, 2.24) is 14.9 Å². The van der Waals surface area contributed by atoms with Gasteiger partial charge in [0.15, 0.2) is 0 Å². The molecule has 1 unspecified atom stereocenters. The van der Waals surface area contributed by atoms with E-state index >= 15 is 0 Å². The fourth-order valence-electron chi connectivity index (χ4n) is 2.61. The molecule has 1 saturated carbocycles. The fourth-order valence-corrected chi connectivity index (χ4v) is 2.61. The van der Waals surface area contributed by atoms with Gasteiger partial charge in [0.25, 0.3) is 0 Å². The normalized spacial score (nSPS) is 24.3. The highest BCUT2D eigenvalue weighted by atomic mass is 16.5. The van der Waals surface area contributed by atoms with E-state index in [1.165, 1.54) is 37.8 Å². The first-order chi connectivity index (χ1) is 8.93. The van der Waals surface area contributed by atoms with Gasteiger partial charge in [0, 0.05) is 25.4 Å². The van der Waals surface area contributed by atoms with Crippen LogP contribution in [0.1, 0.15) is 43.8 Å². The van der Waals surface area contributed by atoms with E-state index in [-0.39, 0.29) is 0 Å². The van der Waals surface area contributed by atoms with Gasteiger partial charge in [-0.25, -0.2) is 4.98 Å². The number of nitrogens with one attached hydrogen (secondary N) is 1. The van der Waals surface area contributed by atoms with E-state index in [1.54, 1.807) is 0 Å². The van der Waals surface area contributed by atoms with Crippen LogP contribution in [0.3, 0.4) is 0 Å². The summed E-state index contributed by atoms with van der Waals surface area (Å²) >= 11 is 0. The Morgan fingerprint density at radius 2 is 2.28 bits per heavy atom. The zero-order valence-electron chi connectivity index (χ0n) is 11.0. The number of ether oxygens (including phenoxy) is 1. The van der Waals surface area contributed by atoms with Crippen LogP contribution in [0.25, 0.3) is 0 Å². The molecule has 1 aromatic rings. The summed E-state index contributed by atoms with van der Waals surface area (Å²) < 4.78 is 7.95. The topological polar surface area (TPSA) is 39.1 Å². The Morgan fingerprint density at radius 1 is 1.33 bits per heavy atom. The Balaban J connectivity index is 1.49. The Hall–Kier alpha value is -0.870. The molecular weight excluding hydrogens is 226 g/mol. The zero-order valence-corrected chi connectivity index (χ0v) is 11.0. The van der Waals surface area contributed by atoms with Gasteiger partial charge in [-0.05, 0) is 38.1 Å². The van der Waals surface area contributed by atoms with Gasteiger partial charge >= 0.3 is 0 Å². The van der Waals surface area contributed by atoms with Crippen molar-refractivity contribution < 1.29 is 4.74 Å². The summed E-state index contributed by atoms with van der Waals surface area (Å²) in [5, 5.41) is 3.58. The van der Waals surface area contributed by atoms with Crippen molar-refractivity contribution in [1.29, 1.82) is 0 Å². The minimum absolute atomic E-state index is 0.490. The molecule has 1 aliphatic heterocycles. The molecule has 2 aliphatic rings. The Labute approximate surface area is 109 Å².